The molecule has 0 amide bonds. The monoisotopic (exact) mass is 100 g/mol. The van der Waals surface area contributed by atoms with E-state index in [0.29, 0.717) is 0 Å². The topological polar surface area (TPSA) is 51.7 Å². The summed E-state index contributed by atoms with van der Waals surface area (Å²) in [5.74, 6) is 0. The summed E-state index contributed by atoms with van der Waals surface area (Å²) < 4.78 is 0. The molecule has 0 radical (unpaired) electrons. The molecule has 0 aliphatic rings. The molecule has 0 fully saturated rings. The third-order valence-corrected chi connectivity index (χ3v) is 0. The zero-order valence-corrected chi connectivity index (χ0v) is 3.88. The summed E-state index contributed by atoms with van der Waals surface area (Å²) in [6.07, 6.45) is 0. The summed E-state index contributed by atoms with van der Waals surface area (Å²) in [6, 6.07) is 0. The molecule has 0 atom stereocenters. The highest BCUT2D eigenvalue weighted by molar-refractivity contribution is 5.85. The molecular formula is C2H9ClO2. The van der Waals surface area contributed by atoms with Crippen LogP contribution in [0, 0.1) is 0 Å². The van der Waals surface area contributed by atoms with Gasteiger partial charge in [0.25, 0.3) is 0 Å². The van der Waals surface area contributed by atoms with Crippen LogP contribution in [0.1, 0.15) is 6.92 Å². The highest BCUT2D eigenvalue weighted by Crippen LogP contribution is 1.30. The lowest BCUT2D eigenvalue weighted by Gasteiger charge is -1.52. The van der Waals surface area contributed by atoms with Gasteiger partial charge in [-0.2, -0.15) is 0 Å². The maximum absolute atomic E-state index is 7.57. The van der Waals surface area contributed by atoms with Crippen LogP contribution in [0.15, 0.2) is 0 Å². The molecule has 0 aromatic carbocycles. The molecule has 0 bridgehead atoms. The van der Waals surface area contributed by atoms with Gasteiger partial charge >= 0.3 is 0 Å². The number of aliphatic hydroxyl groups is 1. The largest absolute Gasteiger partial charge is 0.412 e. The molecule has 0 heterocycles. The fourth-order valence-corrected chi connectivity index (χ4v) is 0. The Hall–Kier alpha value is 0.210. The molecule has 0 aromatic heterocycles. The number of rotatable bonds is 0. The fourth-order valence-electron chi connectivity index (χ4n) is 0. The van der Waals surface area contributed by atoms with Crippen LogP contribution in [0.5, 0.6) is 0 Å². The molecule has 0 aliphatic carbocycles. The number of aliphatic hydroxyl groups excluding tert-OH is 1. The molecule has 0 rings (SSSR count). The maximum Gasteiger partial charge on any atom is 0.0402 e. The van der Waals surface area contributed by atoms with Gasteiger partial charge in [-0.1, -0.05) is 0 Å². The van der Waals surface area contributed by atoms with Crippen molar-refractivity contribution < 1.29 is 10.6 Å². The highest BCUT2D eigenvalue weighted by atomic mass is 35.5. The lowest BCUT2D eigenvalue weighted by Crippen LogP contribution is -1.57. The Morgan fingerprint density at radius 2 is 1.60 bits per heavy atom. The number of hydrogen-bond acceptors (Lipinski definition) is 1. The van der Waals surface area contributed by atoms with E-state index in [1.165, 1.54) is 0 Å². The van der Waals surface area contributed by atoms with Crippen molar-refractivity contribution in [1.82, 2.24) is 0 Å². The minimum atomic E-state index is 0. The Morgan fingerprint density at radius 1 is 1.60 bits per heavy atom. The summed E-state index contributed by atoms with van der Waals surface area (Å²) in [5, 5.41) is 7.57. The molecule has 3 heteroatoms. The Morgan fingerprint density at radius 3 is 1.60 bits per heavy atom. The van der Waals surface area contributed by atoms with Crippen LogP contribution >= 0.6 is 12.4 Å². The molecule has 0 spiro atoms. The zero-order valence-electron chi connectivity index (χ0n) is 3.06. The summed E-state index contributed by atoms with van der Waals surface area (Å²) in [6.45, 7) is 1.93. The third-order valence-electron chi connectivity index (χ3n) is 0. The van der Waals surface area contributed by atoms with Gasteiger partial charge in [0.15, 0.2) is 0 Å². The quantitative estimate of drug-likeness (QED) is 0.442. The summed E-state index contributed by atoms with van der Waals surface area (Å²) >= 11 is 0. The molecular weight excluding hydrogens is 91.5 g/mol. The zero-order chi connectivity index (χ0) is 2.71. The van der Waals surface area contributed by atoms with Crippen molar-refractivity contribution in [2.75, 3.05) is 6.61 Å². The van der Waals surface area contributed by atoms with Crippen LogP contribution < -0.4 is 0 Å². The van der Waals surface area contributed by atoms with Gasteiger partial charge in [0.2, 0.25) is 0 Å². The van der Waals surface area contributed by atoms with Crippen molar-refractivity contribution in [2.24, 2.45) is 0 Å². The molecule has 0 unspecified atom stereocenters. The van der Waals surface area contributed by atoms with Crippen molar-refractivity contribution in [3.05, 3.63) is 0 Å². The Balaban J connectivity index is -0.0000000200. The normalized spacial score (nSPS) is 3.60. The molecule has 0 saturated heterocycles. The minimum Gasteiger partial charge on any atom is -0.412 e. The first-order valence-electron chi connectivity index (χ1n) is 1.02. The van der Waals surface area contributed by atoms with Crippen LogP contribution in [0.25, 0.3) is 0 Å². The third kappa shape index (κ3) is 466. The molecule has 3 N–H and O–H groups in total. The number of halogens is 1. The molecule has 36 valence electrons. The molecule has 0 aromatic rings. The Labute approximate surface area is 37.5 Å². The maximum atomic E-state index is 7.57. The first-order chi connectivity index (χ1) is 1.41. The van der Waals surface area contributed by atoms with Crippen LogP contribution in [0.2, 0.25) is 0 Å². The van der Waals surface area contributed by atoms with Gasteiger partial charge in [0, 0.05) is 6.61 Å². The van der Waals surface area contributed by atoms with Crippen LogP contribution in [0.3, 0.4) is 0 Å². The van der Waals surface area contributed by atoms with E-state index in [1.54, 1.807) is 6.92 Å². The van der Waals surface area contributed by atoms with Gasteiger partial charge in [-0.3, -0.25) is 0 Å². The SMILES string of the molecule is CCO.Cl.O. The van der Waals surface area contributed by atoms with Gasteiger partial charge < -0.3 is 10.6 Å². The van der Waals surface area contributed by atoms with Crippen molar-refractivity contribution >= 4 is 12.4 Å². The Kier molecular flexibility index (Phi) is 112. The van der Waals surface area contributed by atoms with Gasteiger partial charge in [-0.25, -0.2) is 0 Å². The molecule has 0 saturated carbocycles. The van der Waals surface area contributed by atoms with Crippen LogP contribution in [-0.4, -0.2) is 17.2 Å². The van der Waals surface area contributed by atoms with E-state index in [4.69, 9.17) is 5.11 Å². The van der Waals surface area contributed by atoms with Gasteiger partial charge in [-0.05, 0) is 6.92 Å². The summed E-state index contributed by atoms with van der Waals surface area (Å²) in [7, 11) is 0. The smallest absolute Gasteiger partial charge is 0.0402 e. The van der Waals surface area contributed by atoms with Crippen molar-refractivity contribution in [2.45, 2.75) is 6.92 Å². The number of hydrogen-bond donors (Lipinski definition) is 1. The van der Waals surface area contributed by atoms with Crippen molar-refractivity contribution in [3.8, 4) is 0 Å². The van der Waals surface area contributed by atoms with Crippen LogP contribution in [0.4, 0.5) is 0 Å². The predicted octanol–water partition coefficient (Wildman–Crippen LogP) is -0.404. The van der Waals surface area contributed by atoms with Crippen molar-refractivity contribution in [1.29, 1.82) is 0 Å². The van der Waals surface area contributed by atoms with Crippen LogP contribution in [-0.2, 0) is 0 Å². The summed E-state index contributed by atoms with van der Waals surface area (Å²) in [5.41, 5.74) is 0. The lowest BCUT2D eigenvalue weighted by molar-refractivity contribution is 0.318. The van der Waals surface area contributed by atoms with E-state index in [-0.39, 0.29) is 24.5 Å². The molecule has 5 heavy (non-hydrogen) atoms. The van der Waals surface area contributed by atoms with Crippen molar-refractivity contribution in [3.63, 3.8) is 0 Å². The Bertz CT molecular complexity index is 7.61. The average molecular weight is 101 g/mol. The molecule has 0 aliphatic heterocycles. The summed E-state index contributed by atoms with van der Waals surface area (Å²) in [4.78, 5) is 0. The van der Waals surface area contributed by atoms with E-state index in [2.05, 4.69) is 0 Å². The highest BCUT2D eigenvalue weighted by Gasteiger charge is 1.34. The predicted molar refractivity (Wildman–Crippen MR) is 23.6 cm³/mol. The second kappa shape index (κ2) is 29.6. The second-order valence-corrected chi connectivity index (χ2v) is 0.316. The fraction of sp³-hybridized carbons (Fsp3) is 1.00. The first kappa shape index (κ1) is 18.9. The van der Waals surface area contributed by atoms with Gasteiger partial charge in [0.05, 0.1) is 0 Å². The second-order valence-electron chi connectivity index (χ2n) is 0.316. The van der Waals surface area contributed by atoms with E-state index >= 15 is 0 Å². The molecule has 2 nitrogen and oxygen atoms in total. The van der Waals surface area contributed by atoms with E-state index in [9.17, 15) is 0 Å². The van der Waals surface area contributed by atoms with E-state index < -0.39 is 0 Å². The van der Waals surface area contributed by atoms with Gasteiger partial charge in [-0.15, -0.1) is 12.4 Å². The first-order valence-corrected chi connectivity index (χ1v) is 1.02. The minimum absolute atomic E-state index is 0. The van der Waals surface area contributed by atoms with E-state index in [0.717, 1.165) is 0 Å². The van der Waals surface area contributed by atoms with E-state index in [1.807, 2.05) is 0 Å². The lowest BCUT2D eigenvalue weighted by atomic mass is 10.9. The average Bonchev–Trinajstić information content (AvgIpc) is 0.918. The van der Waals surface area contributed by atoms with Gasteiger partial charge in [0.1, 0.15) is 0 Å². The standard InChI is InChI=1S/C2H6O.ClH.H2O/c1-2-3;;/h3H,2H2,1H3;1H;1H2.